The Morgan fingerprint density at radius 3 is 2.71 bits per heavy atom. The van der Waals surface area contributed by atoms with Gasteiger partial charge in [-0.3, -0.25) is 0 Å². The Balaban J connectivity index is 1.80. The van der Waals surface area contributed by atoms with E-state index in [0.717, 1.165) is 32.8 Å². The van der Waals surface area contributed by atoms with Gasteiger partial charge in [-0.05, 0) is 30.7 Å². The van der Waals surface area contributed by atoms with Crippen LogP contribution in [0.1, 0.15) is 24.2 Å². The van der Waals surface area contributed by atoms with Crippen LogP contribution in [0.2, 0.25) is 0 Å². The first-order valence-electron chi connectivity index (χ1n) is 6.74. The quantitative estimate of drug-likeness (QED) is 0.880. The molecule has 0 bridgehead atoms. The van der Waals surface area contributed by atoms with Crippen molar-refractivity contribution in [3.05, 3.63) is 52.0 Å². The van der Waals surface area contributed by atoms with Crippen molar-refractivity contribution in [3.8, 4) is 11.5 Å². The number of nitrogens with one attached hydrogen (secondary N) is 1. The molecule has 1 atom stereocenters. The Morgan fingerprint density at radius 2 is 1.95 bits per heavy atom. The van der Waals surface area contributed by atoms with Crippen LogP contribution >= 0.6 is 15.9 Å². The largest absolute Gasteiger partial charge is 0.454 e. The first-order chi connectivity index (χ1) is 10.1. The fourth-order valence-electron chi connectivity index (χ4n) is 2.31. The Labute approximate surface area is 131 Å². The van der Waals surface area contributed by atoms with E-state index in [-0.39, 0.29) is 6.79 Å². The molecule has 1 aliphatic rings. The van der Waals surface area contributed by atoms with Gasteiger partial charge >= 0.3 is 0 Å². The number of para-hydroxylation sites is 1. The summed E-state index contributed by atoms with van der Waals surface area (Å²) in [5, 5.41) is 13.2. The summed E-state index contributed by atoms with van der Waals surface area (Å²) < 4.78 is 11.7. The van der Waals surface area contributed by atoms with Crippen molar-refractivity contribution in [1.82, 2.24) is 0 Å². The second kappa shape index (κ2) is 5.95. The van der Waals surface area contributed by atoms with Gasteiger partial charge in [-0.2, -0.15) is 0 Å². The van der Waals surface area contributed by atoms with Crippen LogP contribution in [0.3, 0.4) is 0 Å². The van der Waals surface area contributed by atoms with Crippen LogP contribution in [0.25, 0.3) is 0 Å². The Morgan fingerprint density at radius 1 is 1.24 bits per heavy atom. The molecular formula is C16H16BrNO3. The highest BCUT2D eigenvalue weighted by Crippen LogP contribution is 2.37. The van der Waals surface area contributed by atoms with Crippen LogP contribution in [0.4, 0.5) is 5.69 Å². The molecule has 0 saturated heterocycles. The maximum atomic E-state index is 9.80. The van der Waals surface area contributed by atoms with Crippen molar-refractivity contribution in [3.63, 3.8) is 0 Å². The zero-order chi connectivity index (χ0) is 14.8. The van der Waals surface area contributed by atoms with E-state index >= 15 is 0 Å². The highest BCUT2D eigenvalue weighted by atomic mass is 79.9. The number of anilines is 1. The molecule has 0 aromatic heterocycles. The van der Waals surface area contributed by atoms with Crippen LogP contribution in [0.15, 0.2) is 40.9 Å². The molecule has 0 fully saturated rings. The van der Waals surface area contributed by atoms with Crippen molar-refractivity contribution in [1.29, 1.82) is 0 Å². The third-order valence-corrected chi connectivity index (χ3v) is 4.16. The molecule has 2 aromatic carbocycles. The lowest BCUT2D eigenvalue weighted by molar-refractivity contribution is 0.174. The number of aliphatic hydroxyl groups is 1. The van der Waals surface area contributed by atoms with Crippen molar-refractivity contribution in [2.45, 2.75) is 19.6 Å². The van der Waals surface area contributed by atoms with Crippen molar-refractivity contribution >= 4 is 21.6 Å². The summed E-state index contributed by atoms with van der Waals surface area (Å²) >= 11 is 3.55. The number of hydrogen-bond donors (Lipinski definition) is 2. The molecule has 2 N–H and O–H groups in total. The molecule has 0 saturated carbocycles. The summed E-state index contributed by atoms with van der Waals surface area (Å²) in [6.07, 6.45) is -0.506. The highest BCUT2D eigenvalue weighted by Gasteiger charge is 2.16. The molecule has 1 heterocycles. The zero-order valence-electron chi connectivity index (χ0n) is 11.6. The monoisotopic (exact) mass is 349 g/mol. The normalized spacial score (nSPS) is 14.0. The van der Waals surface area contributed by atoms with E-state index in [0.29, 0.717) is 6.54 Å². The van der Waals surface area contributed by atoms with Crippen molar-refractivity contribution < 1.29 is 14.6 Å². The summed E-state index contributed by atoms with van der Waals surface area (Å²) in [7, 11) is 0. The number of hydrogen-bond acceptors (Lipinski definition) is 4. The fourth-order valence-corrected chi connectivity index (χ4v) is 2.77. The predicted octanol–water partition coefficient (Wildman–Crippen LogP) is 3.84. The van der Waals surface area contributed by atoms with Gasteiger partial charge < -0.3 is 19.9 Å². The SMILES string of the molecule is CC(O)c1ccccc1NCc1cc2c(cc1Br)OCO2. The summed E-state index contributed by atoms with van der Waals surface area (Å²) in [4.78, 5) is 0. The Kier molecular flexibility index (Phi) is 4.03. The first kappa shape index (κ1) is 14.2. The summed E-state index contributed by atoms with van der Waals surface area (Å²) in [5.41, 5.74) is 2.88. The molecular weight excluding hydrogens is 334 g/mol. The van der Waals surface area contributed by atoms with Gasteiger partial charge in [0, 0.05) is 22.3 Å². The molecule has 110 valence electrons. The lowest BCUT2D eigenvalue weighted by Gasteiger charge is -2.15. The first-order valence-corrected chi connectivity index (χ1v) is 7.53. The lowest BCUT2D eigenvalue weighted by atomic mass is 10.1. The third kappa shape index (κ3) is 2.99. The molecule has 0 amide bonds. The smallest absolute Gasteiger partial charge is 0.231 e. The van der Waals surface area contributed by atoms with Gasteiger partial charge in [0.15, 0.2) is 11.5 Å². The second-order valence-electron chi connectivity index (χ2n) is 4.91. The minimum Gasteiger partial charge on any atom is -0.454 e. The van der Waals surface area contributed by atoms with Gasteiger partial charge in [-0.25, -0.2) is 0 Å². The number of fused-ring (bicyclic) bond motifs is 1. The van der Waals surface area contributed by atoms with Crippen LogP contribution < -0.4 is 14.8 Å². The molecule has 0 radical (unpaired) electrons. The number of benzene rings is 2. The zero-order valence-corrected chi connectivity index (χ0v) is 13.2. The van der Waals surface area contributed by atoms with Gasteiger partial charge in [0.1, 0.15) is 0 Å². The summed E-state index contributed by atoms with van der Waals surface area (Å²) in [6.45, 7) is 2.65. The average Bonchev–Trinajstić information content (AvgIpc) is 2.92. The maximum absolute atomic E-state index is 9.80. The van der Waals surface area contributed by atoms with Crippen LogP contribution in [0.5, 0.6) is 11.5 Å². The molecule has 3 rings (SSSR count). The lowest BCUT2D eigenvalue weighted by Crippen LogP contribution is -2.04. The number of halogens is 1. The molecule has 0 aliphatic carbocycles. The Bertz CT molecular complexity index is 658. The Hall–Kier alpha value is -1.72. The van der Waals surface area contributed by atoms with Crippen molar-refractivity contribution in [2.24, 2.45) is 0 Å². The fraction of sp³-hybridized carbons (Fsp3) is 0.250. The molecule has 1 aliphatic heterocycles. The second-order valence-corrected chi connectivity index (χ2v) is 5.77. The van der Waals surface area contributed by atoms with E-state index in [1.165, 1.54) is 0 Å². The van der Waals surface area contributed by atoms with Gasteiger partial charge in [-0.15, -0.1) is 0 Å². The molecule has 21 heavy (non-hydrogen) atoms. The summed E-state index contributed by atoms with van der Waals surface area (Å²) in [5.74, 6) is 1.52. The van der Waals surface area contributed by atoms with E-state index in [9.17, 15) is 5.11 Å². The van der Waals surface area contributed by atoms with Crippen LogP contribution in [0, 0.1) is 0 Å². The molecule has 4 nitrogen and oxygen atoms in total. The predicted molar refractivity (Wildman–Crippen MR) is 84.7 cm³/mol. The third-order valence-electron chi connectivity index (χ3n) is 3.42. The van der Waals surface area contributed by atoms with Gasteiger partial charge in [0.05, 0.1) is 6.10 Å². The standard InChI is InChI=1S/C16H16BrNO3/c1-10(19)12-4-2-3-5-14(12)18-8-11-6-15-16(7-13(11)17)21-9-20-15/h2-7,10,18-19H,8-9H2,1H3. The topological polar surface area (TPSA) is 50.7 Å². The van der Waals surface area contributed by atoms with E-state index < -0.39 is 6.10 Å². The minimum atomic E-state index is -0.506. The van der Waals surface area contributed by atoms with Gasteiger partial charge in [0.2, 0.25) is 6.79 Å². The van der Waals surface area contributed by atoms with E-state index in [2.05, 4.69) is 21.2 Å². The van der Waals surface area contributed by atoms with Crippen molar-refractivity contribution in [2.75, 3.05) is 12.1 Å². The minimum absolute atomic E-state index is 0.267. The molecule has 1 unspecified atom stereocenters. The molecule has 0 spiro atoms. The van der Waals surface area contributed by atoms with Crippen LogP contribution in [-0.4, -0.2) is 11.9 Å². The maximum Gasteiger partial charge on any atom is 0.231 e. The average molecular weight is 350 g/mol. The van der Waals surface area contributed by atoms with Gasteiger partial charge in [0.25, 0.3) is 0 Å². The number of ether oxygens (including phenoxy) is 2. The molecule has 5 heteroatoms. The number of aliphatic hydroxyl groups excluding tert-OH is 1. The summed E-state index contributed by atoms with van der Waals surface area (Å²) in [6, 6.07) is 11.6. The van der Waals surface area contributed by atoms with E-state index in [1.807, 2.05) is 36.4 Å². The number of rotatable bonds is 4. The van der Waals surface area contributed by atoms with E-state index in [1.54, 1.807) is 6.92 Å². The van der Waals surface area contributed by atoms with Crippen LogP contribution in [-0.2, 0) is 6.54 Å². The van der Waals surface area contributed by atoms with E-state index in [4.69, 9.17) is 9.47 Å². The van der Waals surface area contributed by atoms with Gasteiger partial charge in [-0.1, -0.05) is 34.1 Å². The highest BCUT2D eigenvalue weighted by molar-refractivity contribution is 9.10. The molecule has 2 aromatic rings.